The Kier molecular flexibility index (Phi) is 9.68. The Morgan fingerprint density at radius 1 is 0.800 bits per heavy atom. The van der Waals surface area contributed by atoms with E-state index in [1.165, 1.54) is 0 Å². The van der Waals surface area contributed by atoms with Crippen LogP contribution in [0.5, 0.6) is 5.75 Å². The molecule has 7 nitrogen and oxygen atoms in total. The van der Waals surface area contributed by atoms with Gasteiger partial charge in [0.15, 0.2) is 0 Å². The minimum absolute atomic E-state index is 0.0794. The molecule has 1 rings (SSSR count). The Hall–Kier alpha value is -0.390. The van der Waals surface area contributed by atoms with E-state index in [9.17, 15) is 9.13 Å². The van der Waals surface area contributed by atoms with Gasteiger partial charge in [-0.15, -0.1) is 0 Å². The Morgan fingerprint density at radius 3 is 1.48 bits per heavy atom. The zero-order valence-electron chi connectivity index (χ0n) is 14.8. The van der Waals surface area contributed by atoms with E-state index in [0.717, 1.165) is 0 Å². The molecule has 0 heterocycles. The summed E-state index contributed by atoms with van der Waals surface area (Å²) in [4.78, 5) is 0. The van der Waals surface area contributed by atoms with Gasteiger partial charge >= 0.3 is 15.2 Å². The van der Waals surface area contributed by atoms with Crippen LogP contribution >= 0.6 is 26.8 Å². The Bertz CT molecular complexity index is 558. The number of benzene rings is 1. The molecule has 0 spiro atoms. The zero-order valence-corrected chi connectivity index (χ0v) is 17.4. The maximum Gasteiger partial charge on any atom is 0.383 e. The van der Waals surface area contributed by atoms with Crippen molar-refractivity contribution in [1.82, 2.24) is 0 Å². The third kappa shape index (κ3) is 6.37. The fourth-order valence-corrected chi connectivity index (χ4v) is 6.90. The standard InChI is InChI=1S/C15H25ClO7P2/c1-5-19-24(17,20-6-2)15(25(18,21-7-3)22-8-4)23-14-11-9-13(16)10-12-14/h9-12,15H,5-8H2,1-4H3. The lowest BCUT2D eigenvalue weighted by atomic mass is 10.3. The zero-order chi connectivity index (χ0) is 18.9. The molecule has 0 atom stereocenters. The van der Waals surface area contributed by atoms with Crippen molar-refractivity contribution in [2.24, 2.45) is 0 Å². The van der Waals surface area contributed by atoms with E-state index in [4.69, 9.17) is 34.4 Å². The molecule has 0 bridgehead atoms. The summed E-state index contributed by atoms with van der Waals surface area (Å²) in [6, 6.07) is 6.29. The highest BCUT2D eigenvalue weighted by Crippen LogP contribution is 2.70. The van der Waals surface area contributed by atoms with Crippen LogP contribution in [0.25, 0.3) is 0 Å². The summed E-state index contributed by atoms with van der Waals surface area (Å²) >= 11 is 5.86. The fraction of sp³-hybridized carbons (Fsp3) is 0.600. The van der Waals surface area contributed by atoms with Crippen molar-refractivity contribution in [1.29, 1.82) is 0 Å². The van der Waals surface area contributed by atoms with Crippen LogP contribution in [0, 0.1) is 0 Å². The Labute approximate surface area is 154 Å². The molecule has 1 aromatic carbocycles. The Morgan fingerprint density at radius 2 is 1.16 bits per heavy atom. The van der Waals surface area contributed by atoms with E-state index < -0.39 is 20.8 Å². The summed E-state index contributed by atoms with van der Waals surface area (Å²) in [7, 11) is -7.91. The van der Waals surface area contributed by atoms with E-state index in [1.807, 2.05) is 0 Å². The molecule has 0 N–H and O–H groups in total. The van der Waals surface area contributed by atoms with E-state index >= 15 is 0 Å². The maximum absolute atomic E-state index is 13.3. The van der Waals surface area contributed by atoms with Crippen LogP contribution < -0.4 is 4.74 Å². The minimum atomic E-state index is -3.96. The number of halogens is 1. The monoisotopic (exact) mass is 414 g/mol. The first kappa shape index (κ1) is 22.7. The van der Waals surface area contributed by atoms with Crippen molar-refractivity contribution in [3.8, 4) is 5.75 Å². The van der Waals surface area contributed by atoms with Crippen LogP contribution in [-0.4, -0.2) is 32.0 Å². The molecule has 1 aromatic rings. The molecule has 0 aromatic heterocycles. The van der Waals surface area contributed by atoms with Gasteiger partial charge in [0.05, 0.1) is 26.4 Å². The average Bonchev–Trinajstić information content (AvgIpc) is 2.55. The molecular formula is C15H25ClO7P2. The average molecular weight is 415 g/mol. The van der Waals surface area contributed by atoms with Gasteiger partial charge in [-0.05, 0) is 52.0 Å². The van der Waals surface area contributed by atoms with Crippen molar-refractivity contribution in [3.05, 3.63) is 29.3 Å². The topological polar surface area (TPSA) is 80.3 Å². The normalized spacial score (nSPS) is 12.6. The third-order valence-corrected chi connectivity index (χ3v) is 8.55. The quantitative estimate of drug-likeness (QED) is 0.416. The summed E-state index contributed by atoms with van der Waals surface area (Å²) in [5.74, 6) is 0.286. The molecule has 0 aliphatic carbocycles. The van der Waals surface area contributed by atoms with Gasteiger partial charge < -0.3 is 22.8 Å². The van der Waals surface area contributed by atoms with Gasteiger partial charge in [-0.2, -0.15) is 0 Å². The molecule has 0 aliphatic heterocycles. The van der Waals surface area contributed by atoms with Crippen LogP contribution in [0.3, 0.4) is 0 Å². The van der Waals surface area contributed by atoms with Gasteiger partial charge in [0.1, 0.15) is 5.75 Å². The SMILES string of the molecule is CCOP(=O)(OCC)C(Oc1ccc(Cl)cc1)P(=O)(OCC)OCC. The Balaban J connectivity index is 3.34. The molecular weight excluding hydrogens is 390 g/mol. The molecule has 144 valence electrons. The smallest absolute Gasteiger partial charge is 0.383 e. The van der Waals surface area contributed by atoms with Crippen molar-refractivity contribution >= 4 is 26.8 Å². The second kappa shape index (κ2) is 10.7. The molecule has 0 unspecified atom stereocenters. The molecule has 10 heteroatoms. The molecule has 0 fully saturated rings. The predicted octanol–water partition coefficient (Wildman–Crippen LogP) is 5.53. The highest BCUT2D eigenvalue weighted by atomic mass is 35.5. The first-order valence-electron chi connectivity index (χ1n) is 8.05. The lowest BCUT2D eigenvalue weighted by Gasteiger charge is -2.31. The van der Waals surface area contributed by atoms with Gasteiger partial charge in [0, 0.05) is 5.02 Å². The summed E-state index contributed by atoms with van der Waals surface area (Å²) < 4.78 is 53.5. The van der Waals surface area contributed by atoms with Crippen molar-refractivity contribution in [2.45, 2.75) is 33.3 Å². The molecule has 0 saturated carbocycles. The van der Waals surface area contributed by atoms with E-state index in [1.54, 1.807) is 52.0 Å². The van der Waals surface area contributed by atoms with E-state index in [-0.39, 0.29) is 32.2 Å². The second-order valence-corrected chi connectivity index (χ2v) is 9.62. The first-order valence-corrected chi connectivity index (χ1v) is 11.6. The van der Waals surface area contributed by atoms with Gasteiger partial charge in [0.2, 0.25) is 0 Å². The largest absolute Gasteiger partial charge is 0.465 e. The number of ether oxygens (including phenoxy) is 1. The third-order valence-electron chi connectivity index (χ3n) is 2.83. The minimum Gasteiger partial charge on any atom is -0.465 e. The van der Waals surface area contributed by atoms with Crippen LogP contribution in [0.4, 0.5) is 0 Å². The van der Waals surface area contributed by atoms with Gasteiger partial charge in [0.25, 0.3) is 5.59 Å². The number of hydrogen-bond donors (Lipinski definition) is 0. The predicted molar refractivity (Wildman–Crippen MR) is 97.6 cm³/mol. The highest BCUT2D eigenvalue weighted by Gasteiger charge is 2.53. The van der Waals surface area contributed by atoms with Crippen LogP contribution in [0.1, 0.15) is 27.7 Å². The molecule has 0 aliphatic rings. The van der Waals surface area contributed by atoms with Crippen LogP contribution in [0.15, 0.2) is 24.3 Å². The molecule has 0 amide bonds. The summed E-state index contributed by atoms with van der Waals surface area (Å²) in [5.41, 5.74) is -1.55. The van der Waals surface area contributed by atoms with Crippen LogP contribution in [0.2, 0.25) is 5.02 Å². The number of hydrogen-bond acceptors (Lipinski definition) is 7. The summed E-state index contributed by atoms with van der Waals surface area (Å²) in [6.07, 6.45) is 0. The van der Waals surface area contributed by atoms with Crippen molar-refractivity contribution < 1.29 is 32.0 Å². The first-order chi connectivity index (χ1) is 11.8. The van der Waals surface area contributed by atoms with Crippen molar-refractivity contribution in [3.63, 3.8) is 0 Å². The molecule has 25 heavy (non-hydrogen) atoms. The van der Waals surface area contributed by atoms with Crippen LogP contribution in [-0.2, 0) is 27.2 Å². The van der Waals surface area contributed by atoms with E-state index in [2.05, 4.69) is 0 Å². The van der Waals surface area contributed by atoms with Gasteiger partial charge in [-0.25, -0.2) is 0 Å². The number of rotatable bonds is 12. The van der Waals surface area contributed by atoms with Crippen molar-refractivity contribution in [2.75, 3.05) is 26.4 Å². The van der Waals surface area contributed by atoms with Gasteiger partial charge in [-0.3, -0.25) is 9.13 Å². The summed E-state index contributed by atoms with van der Waals surface area (Å²) in [5, 5.41) is 0.500. The molecule has 0 radical (unpaired) electrons. The summed E-state index contributed by atoms with van der Waals surface area (Å²) in [6.45, 7) is 6.92. The van der Waals surface area contributed by atoms with E-state index in [0.29, 0.717) is 5.02 Å². The second-order valence-electron chi connectivity index (χ2n) is 4.65. The fourth-order valence-electron chi connectivity index (χ4n) is 1.99. The highest BCUT2D eigenvalue weighted by molar-refractivity contribution is 7.72. The maximum atomic E-state index is 13.3. The lowest BCUT2D eigenvalue weighted by Crippen LogP contribution is -2.23. The lowest BCUT2D eigenvalue weighted by molar-refractivity contribution is 0.150. The molecule has 0 saturated heterocycles. The van der Waals surface area contributed by atoms with Gasteiger partial charge in [-0.1, -0.05) is 11.6 Å².